The van der Waals surface area contributed by atoms with Crippen molar-refractivity contribution in [1.29, 1.82) is 0 Å². The second-order valence-corrected chi connectivity index (χ2v) is 9.75. The third kappa shape index (κ3) is 5.71. The lowest BCUT2D eigenvalue weighted by Gasteiger charge is -2.37. The Morgan fingerprint density at radius 3 is 2.46 bits per heavy atom. The number of amides is 3. The van der Waals surface area contributed by atoms with Crippen molar-refractivity contribution in [1.82, 2.24) is 19.7 Å². The van der Waals surface area contributed by atoms with Crippen molar-refractivity contribution in [2.24, 2.45) is 7.05 Å². The Morgan fingerprint density at radius 1 is 1.10 bits per heavy atom. The number of urea groups is 1. The van der Waals surface area contributed by atoms with Crippen molar-refractivity contribution in [2.45, 2.75) is 19.6 Å². The summed E-state index contributed by atoms with van der Waals surface area (Å²) in [6.07, 6.45) is -3.32. The number of aromatic nitrogens is 3. The van der Waals surface area contributed by atoms with E-state index in [1.54, 1.807) is 18.7 Å². The van der Waals surface area contributed by atoms with E-state index < -0.39 is 23.6 Å². The number of hydrogen-bond donors (Lipinski definition) is 1. The van der Waals surface area contributed by atoms with Crippen LogP contribution in [0.3, 0.4) is 0 Å². The van der Waals surface area contributed by atoms with Crippen LogP contribution in [-0.4, -0.2) is 58.3 Å². The summed E-state index contributed by atoms with van der Waals surface area (Å²) in [6, 6.07) is 11.1. The molecular weight excluding hydrogens is 542 g/mol. The number of fused-ring (bicyclic) bond motifs is 1. The summed E-state index contributed by atoms with van der Waals surface area (Å²) in [7, 11) is 1.74. The summed E-state index contributed by atoms with van der Waals surface area (Å²) >= 11 is 0. The van der Waals surface area contributed by atoms with Gasteiger partial charge >= 0.3 is 12.2 Å². The maximum Gasteiger partial charge on any atom is 0.419 e. The standard InChI is InChI=1S/C28H27F4N7O2/c1-18-24-25(38-12-10-37(11-13-38)16-19-6-4-3-5-7-19)23(15-33-26(24)36(2)35-18)39(17-40)27(41)34-20-8-9-22(29)21(14-20)28(30,31)32/h3-9,14-15,17H,10-13,16H2,1-2H3,(H,34,41). The Balaban J connectivity index is 1.46. The summed E-state index contributed by atoms with van der Waals surface area (Å²) in [5.41, 5.74) is 1.24. The SMILES string of the molecule is Cc1nn(C)c2ncc(N(C=O)C(=O)Nc3ccc(F)c(C(F)(F)F)c3)c(N3CCN(Cc4ccccc4)CC3)c12. The fraction of sp³-hybridized carbons (Fsp3) is 0.286. The lowest BCUT2D eigenvalue weighted by molar-refractivity contribution is -0.139. The fourth-order valence-corrected chi connectivity index (χ4v) is 5.07. The van der Waals surface area contributed by atoms with E-state index >= 15 is 0 Å². The van der Waals surface area contributed by atoms with Gasteiger partial charge < -0.3 is 10.2 Å². The van der Waals surface area contributed by atoms with E-state index in [0.29, 0.717) is 60.7 Å². The van der Waals surface area contributed by atoms with Gasteiger partial charge in [0.15, 0.2) is 5.65 Å². The van der Waals surface area contributed by atoms with E-state index in [1.165, 1.54) is 11.8 Å². The lowest BCUT2D eigenvalue weighted by Crippen LogP contribution is -2.47. The van der Waals surface area contributed by atoms with E-state index in [0.717, 1.165) is 17.5 Å². The number of benzene rings is 2. The van der Waals surface area contributed by atoms with Gasteiger partial charge in [-0.1, -0.05) is 30.3 Å². The Hall–Kier alpha value is -4.52. The number of carbonyl (C=O) groups excluding carboxylic acids is 2. The van der Waals surface area contributed by atoms with Gasteiger partial charge in [-0.3, -0.25) is 14.4 Å². The minimum atomic E-state index is -4.96. The molecule has 214 valence electrons. The van der Waals surface area contributed by atoms with Gasteiger partial charge in [-0.05, 0) is 30.7 Å². The van der Waals surface area contributed by atoms with Crippen LogP contribution in [0.15, 0.2) is 54.7 Å². The van der Waals surface area contributed by atoms with Gasteiger partial charge in [0.1, 0.15) is 5.82 Å². The highest BCUT2D eigenvalue weighted by Crippen LogP contribution is 2.38. The molecule has 1 aliphatic heterocycles. The summed E-state index contributed by atoms with van der Waals surface area (Å²) in [5.74, 6) is -1.47. The van der Waals surface area contributed by atoms with Crippen molar-refractivity contribution in [3.05, 3.63) is 77.4 Å². The summed E-state index contributed by atoms with van der Waals surface area (Å²) < 4.78 is 55.0. The van der Waals surface area contributed by atoms with Gasteiger partial charge in [0, 0.05) is 45.5 Å². The average molecular weight is 570 g/mol. The van der Waals surface area contributed by atoms with Gasteiger partial charge in [-0.25, -0.2) is 19.1 Å². The molecular formula is C28H27F4N7O2. The third-order valence-corrected chi connectivity index (χ3v) is 7.02. The minimum absolute atomic E-state index is 0.149. The van der Waals surface area contributed by atoms with Crippen molar-refractivity contribution >= 4 is 40.5 Å². The normalized spacial score (nSPS) is 14.3. The molecule has 1 N–H and O–H groups in total. The predicted octanol–water partition coefficient (Wildman–Crippen LogP) is 4.95. The van der Waals surface area contributed by atoms with Crippen molar-refractivity contribution < 1.29 is 27.2 Å². The topological polar surface area (TPSA) is 86.6 Å². The second kappa shape index (κ2) is 11.2. The molecule has 0 aliphatic carbocycles. The number of aryl methyl sites for hydroxylation is 2. The quantitative estimate of drug-likeness (QED) is 0.261. The van der Waals surface area contributed by atoms with E-state index in [4.69, 9.17) is 0 Å². The third-order valence-electron chi connectivity index (χ3n) is 7.02. The van der Waals surface area contributed by atoms with Gasteiger partial charge in [0.05, 0.1) is 34.2 Å². The highest BCUT2D eigenvalue weighted by molar-refractivity contribution is 6.16. The highest BCUT2D eigenvalue weighted by atomic mass is 19.4. The Bertz CT molecular complexity index is 1580. The molecule has 3 amide bonds. The molecule has 1 fully saturated rings. The average Bonchev–Trinajstić information content (AvgIpc) is 3.23. The molecule has 1 saturated heterocycles. The van der Waals surface area contributed by atoms with Crippen LogP contribution in [0.1, 0.15) is 16.8 Å². The van der Waals surface area contributed by atoms with Crippen LogP contribution in [-0.2, 0) is 24.6 Å². The summed E-state index contributed by atoms with van der Waals surface area (Å²) in [5, 5.41) is 7.40. The molecule has 0 unspecified atom stereocenters. The van der Waals surface area contributed by atoms with Gasteiger partial charge in [-0.2, -0.15) is 18.3 Å². The molecule has 1 aliphatic rings. The molecule has 0 radical (unpaired) electrons. The van der Waals surface area contributed by atoms with E-state index in [2.05, 4.69) is 37.3 Å². The zero-order valence-corrected chi connectivity index (χ0v) is 22.3. The second-order valence-electron chi connectivity index (χ2n) is 9.75. The van der Waals surface area contributed by atoms with Crippen LogP contribution in [0.2, 0.25) is 0 Å². The van der Waals surface area contributed by atoms with Crippen LogP contribution in [0.25, 0.3) is 11.0 Å². The Morgan fingerprint density at radius 2 is 1.80 bits per heavy atom. The maximum atomic E-state index is 13.8. The first kappa shape index (κ1) is 28.0. The van der Waals surface area contributed by atoms with Crippen LogP contribution < -0.4 is 15.1 Å². The molecule has 5 rings (SSSR count). The molecule has 0 saturated carbocycles. The van der Waals surface area contributed by atoms with Gasteiger partial charge in [0.2, 0.25) is 6.41 Å². The van der Waals surface area contributed by atoms with Crippen LogP contribution >= 0.6 is 0 Å². The monoisotopic (exact) mass is 569 g/mol. The van der Waals surface area contributed by atoms with Crippen LogP contribution in [0, 0.1) is 12.7 Å². The van der Waals surface area contributed by atoms with E-state index in [9.17, 15) is 27.2 Å². The van der Waals surface area contributed by atoms with E-state index in [-0.39, 0.29) is 17.8 Å². The van der Waals surface area contributed by atoms with Crippen LogP contribution in [0.4, 0.5) is 39.4 Å². The van der Waals surface area contributed by atoms with Gasteiger partial charge in [-0.15, -0.1) is 0 Å². The smallest absolute Gasteiger partial charge is 0.367 e. The summed E-state index contributed by atoms with van der Waals surface area (Å²) in [4.78, 5) is 35.1. The van der Waals surface area contributed by atoms with Gasteiger partial charge in [0.25, 0.3) is 0 Å². The molecule has 4 aromatic rings. The number of nitrogens with zero attached hydrogens (tertiary/aromatic N) is 6. The van der Waals surface area contributed by atoms with Crippen molar-refractivity contribution in [2.75, 3.05) is 41.3 Å². The first-order chi connectivity index (χ1) is 19.6. The number of hydrogen-bond acceptors (Lipinski definition) is 6. The number of nitrogens with one attached hydrogen (secondary N) is 1. The van der Waals surface area contributed by atoms with E-state index in [1.807, 2.05) is 18.2 Å². The first-order valence-electron chi connectivity index (χ1n) is 12.8. The molecule has 3 heterocycles. The number of piperazine rings is 1. The molecule has 2 aromatic heterocycles. The zero-order chi connectivity index (χ0) is 29.3. The molecule has 9 nitrogen and oxygen atoms in total. The van der Waals surface area contributed by atoms with Crippen LogP contribution in [0.5, 0.6) is 0 Å². The molecule has 0 atom stereocenters. The Labute approximate surface area is 233 Å². The molecule has 0 spiro atoms. The number of anilines is 3. The highest BCUT2D eigenvalue weighted by Gasteiger charge is 2.35. The maximum absolute atomic E-state index is 13.8. The van der Waals surface area contributed by atoms with Crippen molar-refractivity contribution in [3.8, 4) is 0 Å². The lowest BCUT2D eigenvalue weighted by atomic mass is 10.1. The molecule has 2 aromatic carbocycles. The zero-order valence-electron chi connectivity index (χ0n) is 22.3. The molecule has 13 heteroatoms. The number of rotatable bonds is 6. The number of halogens is 4. The fourth-order valence-electron chi connectivity index (χ4n) is 5.07. The minimum Gasteiger partial charge on any atom is -0.367 e. The predicted molar refractivity (Wildman–Crippen MR) is 146 cm³/mol. The molecule has 0 bridgehead atoms. The first-order valence-corrected chi connectivity index (χ1v) is 12.8. The number of carbonyl (C=O) groups is 2. The number of pyridine rings is 1. The number of alkyl halides is 3. The van der Waals surface area contributed by atoms with Crippen molar-refractivity contribution in [3.63, 3.8) is 0 Å². The number of imide groups is 1. The Kier molecular flexibility index (Phi) is 7.63. The molecule has 41 heavy (non-hydrogen) atoms. The summed E-state index contributed by atoms with van der Waals surface area (Å²) in [6.45, 7) is 5.15. The largest absolute Gasteiger partial charge is 0.419 e.